The molecular weight excluding hydrogens is 378 g/mol. The predicted molar refractivity (Wildman–Crippen MR) is 133 cm³/mol. The van der Waals surface area contributed by atoms with E-state index in [1.807, 2.05) is 6.92 Å². The van der Waals surface area contributed by atoms with Gasteiger partial charge in [-0.05, 0) is 105 Å². The molecule has 3 rings (SSSR count). The van der Waals surface area contributed by atoms with Crippen LogP contribution in [0.2, 0.25) is 0 Å². The Bertz CT molecular complexity index is 598. The molecule has 2 heteroatoms. The zero-order chi connectivity index (χ0) is 22.7. The first kappa shape index (κ1) is 25.1. The van der Waals surface area contributed by atoms with Crippen molar-refractivity contribution in [3.05, 3.63) is 0 Å². The predicted octanol–water partition coefficient (Wildman–Crippen LogP) is 8.15. The van der Waals surface area contributed by atoms with E-state index in [-0.39, 0.29) is 5.91 Å². The maximum Gasteiger partial charge on any atom is 0.219 e. The van der Waals surface area contributed by atoms with Crippen molar-refractivity contribution in [2.45, 2.75) is 131 Å². The molecule has 3 fully saturated rings. The van der Waals surface area contributed by atoms with Crippen LogP contribution in [0.4, 0.5) is 0 Å². The molecule has 2 nitrogen and oxygen atoms in total. The van der Waals surface area contributed by atoms with Crippen molar-refractivity contribution in [2.24, 2.45) is 39.9 Å². The fraction of sp³-hybridized carbons (Fsp3) is 0.966. The Labute approximate surface area is 194 Å². The van der Waals surface area contributed by atoms with Crippen LogP contribution in [0.3, 0.4) is 0 Å². The molecule has 3 saturated carbocycles. The number of nitrogens with one attached hydrogen (secondary N) is 1. The van der Waals surface area contributed by atoms with Crippen LogP contribution in [-0.2, 0) is 4.79 Å². The Balaban J connectivity index is 1.67. The van der Waals surface area contributed by atoms with Gasteiger partial charge in [-0.1, -0.05) is 60.3 Å². The highest BCUT2D eigenvalue weighted by atomic mass is 16.1. The van der Waals surface area contributed by atoms with E-state index in [1.54, 1.807) is 0 Å². The molecule has 1 amide bonds. The summed E-state index contributed by atoms with van der Waals surface area (Å²) in [4.78, 5) is 11.9. The van der Waals surface area contributed by atoms with Gasteiger partial charge >= 0.3 is 0 Å². The maximum absolute atomic E-state index is 11.9. The van der Waals surface area contributed by atoms with Crippen molar-refractivity contribution < 1.29 is 4.79 Å². The second-order valence-corrected chi connectivity index (χ2v) is 12.8. The molecular formula is C29H53NO. The van der Waals surface area contributed by atoms with E-state index in [9.17, 15) is 4.79 Å². The topological polar surface area (TPSA) is 29.1 Å². The normalized spacial score (nSPS) is 38.5. The van der Waals surface area contributed by atoms with E-state index in [1.165, 1.54) is 77.0 Å². The third kappa shape index (κ3) is 5.03. The summed E-state index contributed by atoms with van der Waals surface area (Å²) in [6.45, 7) is 15.7. The van der Waals surface area contributed by atoms with Crippen LogP contribution in [0.1, 0.15) is 131 Å². The van der Waals surface area contributed by atoms with Gasteiger partial charge in [0.2, 0.25) is 5.91 Å². The lowest BCUT2D eigenvalue weighted by molar-refractivity contribution is -0.121. The second-order valence-electron chi connectivity index (χ2n) is 12.8. The van der Waals surface area contributed by atoms with Crippen LogP contribution in [0, 0.1) is 39.9 Å². The van der Waals surface area contributed by atoms with Crippen LogP contribution in [0.5, 0.6) is 0 Å². The molecule has 0 radical (unpaired) electrons. The van der Waals surface area contributed by atoms with Crippen molar-refractivity contribution in [3.63, 3.8) is 0 Å². The Kier molecular flexibility index (Phi) is 8.23. The van der Waals surface area contributed by atoms with Gasteiger partial charge in [0.1, 0.15) is 0 Å². The molecule has 3 aliphatic carbocycles. The van der Waals surface area contributed by atoms with Crippen LogP contribution in [0.15, 0.2) is 0 Å². The van der Waals surface area contributed by atoms with Crippen LogP contribution in [0.25, 0.3) is 0 Å². The van der Waals surface area contributed by atoms with E-state index in [4.69, 9.17) is 0 Å². The van der Waals surface area contributed by atoms with Crippen LogP contribution in [-0.4, -0.2) is 12.5 Å². The van der Waals surface area contributed by atoms with Crippen LogP contribution < -0.4 is 5.32 Å². The third-order valence-electron chi connectivity index (χ3n) is 11.0. The quantitative estimate of drug-likeness (QED) is 0.392. The molecule has 0 bridgehead atoms. The summed E-state index contributed by atoms with van der Waals surface area (Å²) in [5.74, 6) is 3.81. The van der Waals surface area contributed by atoms with E-state index in [0.717, 1.165) is 43.1 Å². The number of hydrogen-bond donors (Lipinski definition) is 1. The highest BCUT2D eigenvalue weighted by molar-refractivity contribution is 5.75. The number of rotatable bonds is 9. The SMILES string of the molecule is CCNC(=O)CCCC1CCC2(C)C(C[C@H](CC)C3CCCCC3(C)C)CCCC12C. The summed E-state index contributed by atoms with van der Waals surface area (Å²) >= 11 is 0. The molecule has 31 heavy (non-hydrogen) atoms. The largest absolute Gasteiger partial charge is 0.356 e. The minimum atomic E-state index is 0.246. The number of carbonyl (C=O) groups excluding carboxylic acids is 1. The van der Waals surface area contributed by atoms with Crippen molar-refractivity contribution in [1.82, 2.24) is 5.32 Å². The lowest BCUT2D eigenvalue weighted by Gasteiger charge is -2.55. The maximum atomic E-state index is 11.9. The highest BCUT2D eigenvalue weighted by Gasteiger charge is 2.58. The lowest BCUT2D eigenvalue weighted by atomic mass is 9.50. The fourth-order valence-corrected chi connectivity index (χ4v) is 8.75. The summed E-state index contributed by atoms with van der Waals surface area (Å²) in [5.41, 5.74) is 1.53. The summed E-state index contributed by atoms with van der Waals surface area (Å²) in [6, 6.07) is 0. The van der Waals surface area contributed by atoms with Gasteiger partial charge in [-0.15, -0.1) is 0 Å². The molecule has 0 aromatic heterocycles. The minimum Gasteiger partial charge on any atom is -0.356 e. The number of hydrogen-bond acceptors (Lipinski definition) is 1. The van der Waals surface area contributed by atoms with E-state index in [0.29, 0.717) is 16.2 Å². The summed E-state index contributed by atoms with van der Waals surface area (Å²) in [7, 11) is 0. The third-order valence-corrected chi connectivity index (χ3v) is 11.0. The monoisotopic (exact) mass is 431 g/mol. The van der Waals surface area contributed by atoms with E-state index >= 15 is 0 Å². The molecule has 0 spiro atoms. The zero-order valence-corrected chi connectivity index (χ0v) is 21.8. The smallest absolute Gasteiger partial charge is 0.219 e. The average molecular weight is 432 g/mol. The van der Waals surface area contributed by atoms with Gasteiger partial charge < -0.3 is 5.32 Å². The molecule has 5 unspecified atom stereocenters. The summed E-state index contributed by atoms with van der Waals surface area (Å²) < 4.78 is 0. The van der Waals surface area contributed by atoms with Gasteiger partial charge in [0.25, 0.3) is 0 Å². The van der Waals surface area contributed by atoms with E-state index in [2.05, 4.69) is 39.9 Å². The molecule has 3 aliphatic rings. The lowest BCUT2D eigenvalue weighted by Crippen LogP contribution is -2.47. The molecule has 0 aliphatic heterocycles. The average Bonchev–Trinajstić information content (AvgIpc) is 2.98. The minimum absolute atomic E-state index is 0.246. The first-order valence-corrected chi connectivity index (χ1v) is 13.9. The Morgan fingerprint density at radius 3 is 2.32 bits per heavy atom. The number of amides is 1. The molecule has 1 N–H and O–H groups in total. The summed E-state index contributed by atoms with van der Waals surface area (Å²) in [5, 5.41) is 2.98. The molecule has 0 heterocycles. The molecule has 0 aromatic carbocycles. The molecule has 6 atom stereocenters. The highest BCUT2D eigenvalue weighted by Crippen LogP contribution is 2.67. The standard InChI is InChI=1S/C29H53NO/c1-7-22(25-15-9-10-18-27(25,3)4)21-24-14-12-19-28(5)23(17-20-29(24,28)6)13-11-16-26(31)30-8-2/h22-25H,7-21H2,1-6H3,(H,30,31)/t22-,23?,24?,25?,28?,29?/m0/s1. The molecule has 0 saturated heterocycles. The van der Waals surface area contributed by atoms with Crippen molar-refractivity contribution in [1.29, 1.82) is 0 Å². The van der Waals surface area contributed by atoms with E-state index < -0.39 is 0 Å². The zero-order valence-electron chi connectivity index (χ0n) is 21.8. The second kappa shape index (κ2) is 10.2. The summed E-state index contributed by atoms with van der Waals surface area (Å²) in [6.07, 6.45) is 18.8. The molecule has 0 aromatic rings. The van der Waals surface area contributed by atoms with Crippen LogP contribution >= 0.6 is 0 Å². The fourth-order valence-electron chi connectivity index (χ4n) is 8.75. The number of carbonyl (C=O) groups is 1. The Morgan fingerprint density at radius 1 is 0.903 bits per heavy atom. The van der Waals surface area contributed by atoms with Crippen molar-refractivity contribution >= 4 is 5.91 Å². The first-order valence-electron chi connectivity index (χ1n) is 13.9. The Hall–Kier alpha value is -0.530. The Morgan fingerprint density at radius 2 is 1.65 bits per heavy atom. The van der Waals surface area contributed by atoms with Crippen molar-refractivity contribution in [2.75, 3.05) is 6.54 Å². The van der Waals surface area contributed by atoms with Gasteiger partial charge in [0, 0.05) is 13.0 Å². The first-order chi connectivity index (χ1) is 14.7. The van der Waals surface area contributed by atoms with Gasteiger partial charge in [-0.2, -0.15) is 0 Å². The van der Waals surface area contributed by atoms with Gasteiger partial charge in [-0.25, -0.2) is 0 Å². The molecule has 180 valence electrons. The van der Waals surface area contributed by atoms with Crippen molar-refractivity contribution in [3.8, 4) is 0 Å². The van der Waals surface area contributed by atoms with Gasteiger partial charge in [0.15, 0.2) is 0 Å². The number of fused-ring (bicyclic) bond motifs is 1. The van der Waals surface area contributed by atoms with Gasteiger partial charge in [-0.3, -0.25) is 4.79 Å². The van der Waals surface area contributed by atoms with Gasteiger partial charge in [0.05, 0.1) is 0 Å².